The van der Waals surface area contributed by atoms with Crippen molar-refractivity contribution in [2.75, 3.05) is 12.0 Å². The second-order valence-corrected chi connectivity index (χ2v) is 17.5. The minimum atomic E-state index is -2.21. The molecule has 0 radical (unpaired) electrons. The number of aliphatic carboxylic acids is 6. The van der Waals surface area contributed by atoms with Crippen molar-refractivity contribution < 1.29 is 88.2 Å². The van der Waals surface area contributed by atoms with E-state index in [0.29, 0.717) is 11.1 Å². The van der Waals surface area contributed by atoms with Crippen molar-refractivity contribution in [1.82, 2.24) is 42.2 Å². The Kier molecular flexibility index (Phi) is 23.4. The molecule has 5 atom stereocenters. The van der Waals surface area contributed by atoms with Crippen molar-refractivity contribution in [2.24, 2.45) is 11.8 Å². The Morgan fingerprint density at radius 2 is 1.05 bits per heavy atom. The molecule has 1 aromatic heterocycles. The molecule has 28 nitrogen and oxygen atoms in total. The fourth-order valence-electron chi connectivity index (χ4n) is 7.53. The number of carboxylic acid groups (broad SMARTS) is 6. The summed E-state index contributed by atoms with van der Waals surface area (Å²) in [7, 11) is 0. The van der Waals surface area contributed by atoms with E-state index in [4.69, 9.17) is 10.9 Å². The molecule has 16 N–H and O–H groups in total. The van der Waals surface area contributed by atoms with Gasteiger partial charge in [0.15, 0.2) is 5.92 Å². The highest BCUT2D eigenvalue weighted by Gasteiger charge is 2.35. The summed E-state index contributed by atoms with van der Waals surface area (Å²) in [5, 5.41) is 74.8. The summed E-state index contributed by atoms with van der Waals surface area (Å²) in [6.07, 6.45) is -1.82. The Labute approximate surface area is 442 Å². The Balaban J connectivity index is 1.43. The zero-order valence-corrected chi connectivity index (χ0v) is 41.4. The Hall–Kier alpha value is -9.73. The number of carbonyl (C=O) groups is 12. The Bertz CT molecular complexity index is 2840. The number of unbranched alkanes of at least 4 members (excludes halogenated alkanes) is 1. The summed E-state index contributed by atoms with van der Waals surface area (Å²) >= 11 is 0. The number of nitrogens with two attached hydrogens (primary N) is 1. The first-order valence-corrected chi connectivity index (χ1v) is 23.9. The predicted molar refractivity (Wildman–Crippen MR) is 271 cm³/mol. The minimum Gasteiger partial charge on any atom is -0.481 e. The molecule has 7 amide bonds. The fourth-order valence-corrected chi connectivity index (χ4v) is 7.53. The summed E-state index contributed by atoms with van der Waals surface area (Å²) < 4.78 is 0. The number of hydrogen-bond donors (Lipinski definition) is 15. The molecule has 78 heavy (non-hydrogen) atoms. The molecule has 0 saturated heterocycles. The second kappa shape index (κ2) is 30.0. The van der Waals surface area contributed by atoms with E-state index in [-0.39, 0.29) is 55.7 Å². The maximum atomic E-state index is 13.7. The smallest absolute Gasteiger partial charge is 0.326 e. The first-order chi connectivity index (χ1) is 37.0. The number of hydrazine groups is 1. The van der Waals surface area contributed by atoms with Gasteiger partial charge in [0.05, 0.1) is 5.56 Å². The molecular formula is C50H58N10O18. The van der Waals surface area contributed by atoms with E-state index in [2.05, 4.69) is 42.3 Å². The summed E-state index contributed by atoms with van der Waals surface area (Å²) in [4.78, 5) is 153. The van der Waals surface area contributed by atoms with E-state index in [1.807, 2.05) is 41.7 Å². The second-order valence-electron chi connectivity index (χ2n) is 17.5. The number of carboxylic acids is 6. The Morgan fingerprint density at radius 3 is 1.63 bits per heavy atom. The van der Waals surface area contributed by atoms with Gasteiger partial charge in [-0.15, -0.1) is 0 Å². The molecule has 0 aliphatic heterocycles. The van der Waals surface area contributed by atoms with Crippen molar-refractivity contribution in [1.29, 1.82) is 0 Å². The zero-order valence-electron chi connectivity index (χ0n) is 41.4. The largest absolute Gasteiger partial charge is 0.481 e. The number of carbonyl (C=O) groups excluding carboxylic acids is 6. The highest BCUT2D eigenvalue weighted by Crippen LogP contribution is 2.18. The number of benzene rings is 3. The van der Waals surface area contributed by atoms with E-state index in [1.165, 1.54) is 36.4 Å². The third-order valence-corrected chi connectivity index (χ3v) is 11.8. The van der Waals surface area contributed by atoms with E-state index in [0.717, 1.165) is 17.0 Å². The summed E-state index contributed by atoms with van der Waals surface area (Å²) in [6, 6.07) is 12.3. The molecule has 5 unspecified atom stereocenters. The number of anilines is 1. The summed E-state index contributed by atoms with van der Waals surface area (Å²) in [6.45, 7) is -0.320. The Morgan fingerprint density at radius 1 is 0.500 bits per heavy atom. The van der Waals surface area contributed by atoms with Gasteiger partial charge in [-0.25, -0.2) is 25.2 Å². The molecule has 0 aliphatic carbocycles. The highest BCUT2D eigenvalue weighted by molar-refractivity contribution is 6.00. The number of hydrogen-bond acceptors (Lipinski definition) is 15. The molecule has 1 heterocycles. The van der Waals surface area contributed by atoms with Crippen LogP contribution in [0.4, 0.5) is 10.6 Å². The molecule has 0 saturated carbocycles. The molecular weight excluding hydrogens is 1030 g/mol. The third kappa shape index (κ3) is 19.8. The van der Waals surface area contributed by atoms with Gasteiger partial charge >= 0.3 is 41.8 Å². The van der Waals surface area contributed by atoms with Crippen LogP contribution >= 0.6 is 0 Å². The van der Waals surface area contributed by atoms with Crippen LogP contribution < -0.4 is 48.5 Å². The number of rotatable bonds is 32. The van der Waals surface area contributed by atoms with Gasteiger partial charge in [-0.3, -0.25) is 43.2 Å². The van der Waals surface area contributed by atoms with Crippen LogP contribution in [0.5, 0.6) is 0 Å². The molecule has 0 aliphatic rings. The number of aromatic nitrogens is 1. The molecule has 0 spiro atoms. The van der Waals surface area contributed by atoms with Crippen molar-refractivity contribution in [3.05, 3.63) is 107 Å². The van der Waals surface area contributed by atoms with Gasteiger partial charge in [0.2, 0.25) is 17.7 Å². The molecule has 4 aromatic rings. The predicted octanol–water partition coefficient (Wildman–Crippen LogP) is 0.158. The number of pyridine rings is 1. The lowest BCUT2D eigenvalue weighted by Crippen LogP contribution is -2.54. The lowest BCUT2D eigenvalue weighted by molar-refractivity contribution is -0.156. The lowest BCUT2D eigenvalue weighted by atomic mass is 9.98. The number of urea groups is 1. The highest BCUT2D eigenvalue weighted by atomic mass is 16.4. The first-order valence-electron chi connectivity index (χ1n) is 23.9. The average molecular weight is 1090 g/mol. The van der Waals surface area contributed by atoms with Gasteiger partial charge in [0.25, 0.3) is 11.8 Å². The minimum absolute atomic E-state index is 0.00113. The number of amides is 7. The number of fused-ring (bicyclic) bond motifs is 1. The fraction of sp³-hybridized carbons (Fsp3) is 0.340. The van der Waals surface area contributed by atoms with Gasteiger partial charge in [-0.05, 0) is 78.3 Å². The normalized spacial score (nSPS) is 12.7. The van der Waals surface area contributed by atoms with Crippen molar-refractivity contribution in [2.45, 2.75) is 94.5 Å². The quantitative estimate of drug-likeness (QED) is 0.0134. The van der Waals surface area contributed by atoms with Crippen LogP contribution in [0.15, 0.2) is 85.1 Å². The van der Waals surface area contributed by atoms with Crippen molar-refractivity contribution >= 4 is 88.0 Å². The lowest BCUT2D eigenvalue weighted by Gasteiger charge is -2.24. The van der Waals surface area contributed by atoms with E-state index < -0.39 is 140 Å². The van der Waals surface area contributed by atoms with Crippen LogP contribution in [0.1, 0.15) is 83.2 Å². The molecule has 28 heteroatoms. The molecule has 0 fully saturated rings. The van der Waals surface area contributed by atoms with Gasteiger partial charge in [0, 0.05) is 50.5 Å². The van der Waals surface area contributed by atoms with Crippen LogP contribution in [-0.4, -0.2) is 144 Å². The van der Waals surface area contributed by atoms with Crippen molar-refractivity contribution in [3.63, 3.8) is 0 Å². The maximum absolute atomic E-state index is 13.7. The molecule has 4 rings (SSSR count). The van der Waals surface area contributed by atoms with Gasteiger partial charge in [0.1, 0.15) is 36.0 Å². The van der Waals surface area contributed by atoms with E-state index >= 15 is 0 Å². The van der Waals surface area contributed by atoms with E-state index in [1.54, 1.807) is 6.07 Å². The van der Waals surface area contributed by atoms with Crippen LogP contribution in [0, 0.1) is 5.92 Å². The van der Waals surface area contributed by atoms with Crippen LogP contribution in [0.2, 0.25) is 0 Å². The SMILES string of the molecule is NNc1ccc(C(=O)NC(CCC(=O)O)C(=O)NC(CC(C(=O)O)C(=O)O)C(=O)NCc2ccc(C(=O)NC(Cc3ccc4ccccc4c3)C(=O)NCCCCC(NC(=O)NC(CCC(=O)O)C(=O)O)C(=O)O)cc2)cn1. The van der Waals surface area contributed by atoms with Crippen molar-refractivity contribution in [3.8, 4) is 0 Å². The number of nitrogens with zero attached hydrogens (tertiary/aromatic N) is 1. The molecule has 3 aromatic carbocycles. The maximum Gasteiger partial charge on any atom is 0.326 e. The monoisotopic (exact) mass is 1090 g/mol. The summed E-state index contributed by atoms with van der Waals surface area (Å²) in [5.74, 6) is -10.4. The number of nitrogen functional groups attached to an aromatic ring is 1. The first kappa shape index (κ1) is 60.8. The number of nitrogens with one attached hydrogen (secondary N) is 8. The zero-order chi connectivity index (χ0) is 57.5. The van der Waals surface area contributed by atoms with Crippen LogP contribution in [0.25, 0.3) is 10.8 Å². The van der Waals surface area contributed by atoms with Gasteiger partial charge in [-0.1, -0.05) is 54.6 Å². The topological polar surface area (TPSA) is 461 Å². The van der Waals surface area contributed by atoms with E-state index in [9.17, 15) is 83.1 Å². The molecule has 0 bridgehead atoms. The van der Waals surface area contributed by atoms with Gasteiger partial charge < -0.3 is 73.3 Å². The van der Waals surface area contributed by atoms with Crippen LogP contribution in [0.3, 0.4) is 0 Å². The summed E-state index contributed by atoms with van der Waals surface area (Å²) in [5.41, 5.74) is 3.27. The third-order valence-electron chi connectivity index (χ3n) is 11.8. The average Bonchev–Trinajstić information content (AvgIpc) is 3.40. The van der Waals surface area contributed by atoms with Gasteiger partial charge in [-0.2, -0.15) is 0 Å². The molecule has 416 valence electrons. The standard InChI is InChI=1S/C50H58N10O18/c51-60-38-17-14-31(25-53-38)42(66)55-33(15-18-39(61)62)45(69)57-37(23-32(46(70)71)47(72)73)44(68)54-24-26-8-12-29(13-9-26)41(65)56-36(22-27-10-11-28-5-1-2-6-30(28)21-27)43(67)52-20-4-3-7-34(48(74)75)58-50(78)59-35(49(76)77)16-19-40(63)64/h1-2,5-6,8-14,17,21,25,32-37H,3-4,7,15-16,18-20,22-24,51H2,(H,52,67)(H,53,60)(H,54,68)(H,55,66)(H,56,65)(H,57,69)(H,61,62)(H,63,64)(H,70,71)(H,72,73)(H,74,75)(H,76,77)(H2,58,59,78). The van der Waals surface area contributed by atoms with Crippen LogP contribution in [-0.2, 0) is 56.1 Å².